The van der Waals surface area contributed by atoms with Crippen LogP contribution in [0.1, 0.15) is 0 Å². The summed E-state index contributed by atoms with van der Waals surface area (Å²) in [5.41, 5.74) is 0.421. The Kier molecular flexibility index (Phi) is 4.06. The molecule has 1 aromatic carbocycles. The highest BCUT2D eigenvalue weighted by atomic mass is 32.2. The Bertz CT molecular complexity index is 750. The Morgan fingerprint density at radius 1 is 1.19 bits per heavy atom. The van der Waals surface area contributed by atoms with Gasteiger partial charge in [0.2, 0.25) is 26.0 Å². The van der Waals surface area contributed by atoms with Gasteiger partial charge < -0.3 is 5.32 Å². The van der Waals surface area contributed by atoms with Gasteiger partial charge in [-0.1, -0.05) is 0 Å². The molecule has 0 bridgehead atoms. The summed E-state index contributed by atoms with van der Waals surface area (Å²) in [6.45, 7) is 0.305. The lowest BCUT2D eigenvalue weighted by molar-refractivity contribution is -0.122. The van der Waals surface area contributed by atoms with E-state index in [4.69, 9.17) is 5.14 Å². The second-order valence-electron chi connectivity index (χ2n) is 4.84. The third kappa shape index (κ3) is 3.79. The van der Waals surface area contributed by atoms with Gasteiger partial charge in [0, 0.05) is 18.8 Å². The molecule has 0 spiro atoms. The highest BCUT2D eigenvalue weighted by Crippen LogP contribution is 2.21. The number of hydrogen-bond acceptors (Lipinski definition) is 5. The summed E-state index contributed by atoms with van der Waals surface area (Å²) in [7, 11) is -7.02. The standard InChI is InChI=1S/C11H15N3O5S2/c1-20(16,17)14-6-8(7-14)11(15)13-9-2-4-10(5-3-9)21(12,18)19/h2-5,8H,6-7H2,1H3,(H,13,15)(H2,12,18,19). The van der Waals surface area contributed by atoms with E-state index in [1.54, 1.807) is 0 Å². The zero-order chi connectivity index (χ0) is 15.8. The number of amides is 1. The van der Waals surface area contributed by atoms with Gasteiger partial charge in [0.05, 0.1) is 17.1 Å². The Labute approximate surface area is 123 Å². The van der Waals surface area contributed by atoms with Gasteiger partial charge in [-0.25, -0.2) is 26.3 Å². The smallest absolute Gasteiger partial charge is 0.238 e. The van der Waals surface area contributed by atoms with Crippen LogP contribution in [0.2, 0.25) is 0 Å². The van der Waals surface area contributed by atoms with Crippen molar-refractivity contribution in [1.82, 2.24) is 4.31 Å². The fourth-order valence-electron chi connectivity index (χ4n) is 1.85. The molecule has 116 valence electrons. The fraction of sp³-hybridized carbons (Fsp3) is 0.364. The van der Waals surface area contributed by atoms with Gasteiger partial charge >= 0.3 is 0 Å². The predicted molar refractivity (Wildman–Crippen MR) is 76.4 cm³/mol. The number of nitrogens with two attached hydrogens (primary N) is 1. The minimum absolute atomic E-state index is 0.0487. The average molecular weight is 333 g/mol. The Morgan fingerprint density at radius 2 is 1.71 bits per heavy atom. The van der Waals surface area contributed by atoms with Crippen LogP contribution in [0.3, 0.4) is 0 Å². The Balaban J connectivity index is 1.96. The minimum atomic E-state index is -3.77. The zero-order valence-corrected chi connectivity index (χ0v) is 12.8. The summed E-state index contributed by atoms with van der Waals surface area (Å²) in [6, 6.07) is 5.42. The first kappa shape index (κ1) is 15.9. The zero-order valence-electron chi connectivity index (χ0n) is 11.2. The van der Waals surface area contributed by atoms with Gasteiger partial charge in [-0.3, -0.25) is 4.79 Å². The van der Waals surface area contributed by atoms with E-state index in [1.165, 1.54) is 28.6 Å². The van der Waals surface area contributed by atoms with Crippen LogP contribution in [0.15, 0.2) is 29.2 Å². The molecule has 2 rings (SSSR count). The molecule has 1 saturated heterocycles. The number of nitrogens with one attached hydrogen (secondary N) is 1. The summed E-state index contributed by atoms with van der Waals surface area (Å²) in [5, 5.41) is 7.56. The van der Waals surface area contributed by atoms with Crippen LogP contribution in [0.25, 0.3) is 0 Å². The third-order valence-electron chi connectivity index (χ3n) is 3.14. The van der Waals surface area contributed by atoms with Gasteiger partial charge in [-0.15, -0.1) is 0 Å². The highest BCUT2D eigenvalue weighted by molar-refractivity contribution is 7.89. The Morgan fingerprint density at radius 3 is 2.14 bits per heavy atom. The molecule has 1 amide bonds. The van der Waals surface area contributed by atoms with Crippen LogP contribution in [0.4, 0.5) is 5.69 Å². The lowest BCUT2D eigenvalue weighted by Crippen LogP contribution is -2.53. The molecule has 1 aliphatic heterocycles. The van der Waals surface area contributed by atoms with Crippen molar-refractivity contribution < 1.29 is 21.6 Å². The lowest BCUT2D eigenvalue weighted by Gasteiger charge is -2.35. The number of anilines is 1. The number of rotatable bonds is 4. The van der Waals surface area contributed by atoms with E-state index >= 15 is 0 Å². The number of benzene rings is 1. The van der Waals surface area contributed by atoms with E-state index in [2.05, 4.69) is 5.32 Å². The highest BCUT2D eigenvalue weighted by Gasteiger charge is 2.37. The first-order valence-corrected chi connectivity index (χ1v) is 9.36. The second-order valence-corrected chi connectivity index (χ2v) is 8.38. The van der Waals surface area contributed by atoms with E-state index in [-0.39, 0.29) is 23.9 Å². The molecule has 1 heterocycles. The molecule has 0 aromatic heterocycles. The fourth-order valence-corrected chi connectivity index (χ4v) is 3.26. The van der Waals surface area contributed by atoms with Crippen LogP contribution in [0.5, 0.6) is 0 Å². The van der Waals surface area contributed by atoms with Crippen molar-refractivity contribution in [3.8, 4) is 0 Å². The maximum Gasteiger partial charge on any atom is 0.238 e. The van der Waals surface area contributed by atoms with Crippen LogP contribution >= 0.6 is 0 Å². The van der Waals surface area contributed by atoms with Crippen LogP contribution in [-0.2, 0) is 24.8 Å². The SMILES string of the molecule is CS(=O)(=O)N1CC(C(=O)Nc2ccc(S(N)(=O)=O)cc2)C1. The molecule has 0 aliphatic carbocycles. The average Bonchev–Trinajstić information content (AvgIpc) is 2.24. The van der Waals surface area contributed by atoms with E-state index in [0.29, 0.717) is 5.69 Å². The molecule has 0 radical (unpaired) electrons. The second kappa shape index (κ2) is 5.37. The minimum Gasteiger partial charge on any atom is -0.326 e. The maximum atomic E-state index is 11.9. The van der Waals surface area contributed by atoms with Crippen molar-refractivity contribution in [1.29, 1.82) is 0 Å². The number of primary sulfonamides is 1. The van der Waals surface area contributed by atoms with E-state index in [0.717, 1.165) is 6.26 Å². The lowest BCUT2D eigenvalue weighted by atomic mass is 10.0. The van der Waals surface area contributed by atoms with Crippen molar-refractivity contribution in [2.75, 3.05) is 24.7 Å². The number of hydrogen-bond donors (Lipinski definition) is 2. The molecule has 0 atom stereocenters. The molecule has 0 saturated carbocycles. The number of carbonyl (C=O) groups is 1. The van der Waals surface area contributed by atoms with Gasteiger partial charge in [-0.05, 0) is 24.3 Å². The maximum absolute atomic E-state index is 11.9. The summed E-state index contributed by atoms with van der Waals surface area (Å²) >= 11 is 0. The first-order chi connectivity index (χ1) is 9.57. The quantitative estimate of drug-likeness (QED) is 0.743. The van der Waals surface area contributed by atoms with Crippen molar-refractivity contribution in [3.63, 3.8) is 0 Å². The van der Waals surface area contributed by atoms with E-state index in [1.807, 2.05) is 0 Å². The van der Waals surface area contributed by atoms with Crippen LogP contribution < -0.4 is 10.5 Å². The summed E-state index contributed by atoms with van der Waals surface area (Å²) in [5.74, 6) is -0.712. The monoisotopic (exact) mass is 333 g/mol. The molecule has 0 unspecified atom stereocenters. The summed E-state index contributed by atoms with van der Waals surface area (Å²) in [4.78, 5) is 11.8. The first-order valence-electron chi connectivity index (χ1n) is 5.96. The van der Waals surface area contributed by atoms with Gasteiger partial charge in [0.25, 0.3) is 0 Å². The number of sulfonamides is 2. The molecule has 1 aliphatic rings. The van der Waals surface area contributed by atoms with Crippen molar-refractivity contribution in [2.45, 2.75) is 4.90 Å². The largest absolute Gasteiger partial charge is 0.326 e. The van der Waals surface area contributed by atoms with Crippen molar-refractivity contribution >= 4 is 31.6 Å². The van der Waals surface area contributed by atoms with Crippen molar-refractivity contribution in [3.05, 3.63) is 24.3 Å². The van der Waals surface area contributed by atoms with Gasteiger partial charge in [-0.2, -0.15) is 0 Å². The van der Waals surface area contributed by atoms with Crippen LogP contribution in [0, 0.1) is 5.92 Å². The van der Waals surface area contributed by atoms with Crippen LogP contribution in [-0.4, -0.2) is 46.4 Å². The van der Waals surface area contributed by atoms with Gasteiger partial charge in [0.15, 0.2) is 0 Å². The predicted octanol–water partition coefficient (Wildman–Crippen LogP) is -0.836. The topological polar surface area (TPSA) is 127 Å². The summed E-state index contributed by atoms with van der Waals surface area (Å²) < 4.78 is 45.8. The molecule has 3 N–H and O–H groups in total. The molecule has 8 nitrogen and oxygen atoms in total. The third-order valence-corrected chi connectivity index (χ3v) is 5.30. The number of nitrogens with zero attached hydrogens (tertiary/aromatic N) is 1. The number of carbonyl (C=O) groups excluding carboxylic acids is 1. The molecular weight excluding hydrogens is 318 g/mol. The normalized spacial score (nSPS) is 17.2. The Hall–Kier alpha value is -1.49. The van der Waals surface area contributed by atoms with Crippen molar-refractivity contribution in [2.24, 2.45) is 11.1 Å². The molecule has 1 fully saturated rings. The molecule has 10 heteroatoms. The summed E-state index contributed by atoms with van der Waals surface area (Å²) in [6.07, 6.45) is 1.09. The van der Waals surface area contributed by atoms with E-state index < -0.39 is 26.0 Å². The molecule has 1 aromatic rings. The van der Waals surface area contributed by atoms with E-state index in [9.17, 15) is 21.6 Å². The molecule has 21 heavy (non-hydrogen) atoms. The van der Waals surface area contributed by atoms with Gasteiger partial charge in [0.1, 0.15) is 0 Å². The molecular formula is C11H15N3O5S2.